The Morgan fingerprint density at radius 1 is 1.12 bits per heavy atom. The third-order valence-electron chi connectivity index (χ3n) is 3.12. The number of amides is 1. The molecule has 1 N–H and O–H groups in total. The van der Waals surface area contributed by atoms with Gasteiger partial charge in [-0.1, -0.05) is 63.7 Å². The van der Waals surface area contributed by atoms with Gasteiger partial charge in [-0.3, -0.25) is 4.79 Å². The van der Waals surface area contributed by atoms with E-state index in [9.17, 15) is 4.79 Å². The van der Waals surface area contributed by atoms with Crippen molar-refractivity contribution in [2.24, 2.45) is 0 Å². The van der Waals surface area contributed by atoms with E-state index < -0.39 is 0 Å². The van der Waals surface area contributed by atoms with Crippen molar-refractivity contribution in [1.29, 1.82) is 0 Å². The Bertz CT molecular complexity index is 823. The molecule has 3 rings (SSSR count). The Kier molecular flexibility index (Phi) is 6.01. The number of nitrogens with zero attached hydrogens (tertiary/aromatic N) is 2. The van der Waals surface area contributed by atoms with Crippen LogP contribution in [0.1, 0.15) is 20.4 Å². The minimum atomic E-state index is -0.185. The van der Waals surface area contributed by atoms with Crippen LogP contribution in [0.15, 0.2) is 64.0 Å². The molecule has 0 fully saturated rings. The molecular weight excluding hydrogens is 406 g/mol. The molecule has 0 unspecified atom stereocenters. The summed E-state index contributed by atoms with van der Waals surface area (Å²) < 4.78 is 1.05. The van der Waals surface area contributed by atoms with Crippen molar-refractivity contribution >= 4 is 44.9 Å². The number of nitrogens with one attached hydrogen (secondary N) is 1. The minimum Gasteiger partial charge on any atom is -0.346 e. The van der Waals surface area contributed by atoms with Crippen molar-refractivity contribution in [3.63, 3.8) is 0 Å². The molecule has 1 heterocycles. The standard InChI is InChI=1S/C17H14BrN3OS2/c18-13-7-4-8-14(9-13)23-11-15-20-21-17(24-15)16(22)19-10-12-5-2-1-3-6-12/h1-9H,10-11H2,(H,19,22). The summed E-state index contributed by atoms with van der Waals surface area (Å²) >= 11 is 6.46. The van der Waals surface area contributed by atoms with Crippen LogP contribution in [0.4, 0.5) is 0 Å². The molecule has 1 aromatic heterocycles. The lowest BCUT2D eigenvalue weighted by Gasteiger charge is -2.02. The van der Waals surface area contributed by atoms with Crippen LogP contribution in [-0.4, -0.2) is 16.1 Å². The molecule has 3 aromatic rings. The highest BCUT2D eigenvalue weighted by Gasteiger charge is 2.12. The zero-order valence-corrected chi connectivity index (χ0v) is 15.8. The molecule has 0 saturated heterocycles. The van der Waals surface area contributed by atoms with Crippen LogP contribution in [-0.2, 0) is 12.3 Å². The van der Waals surface area contributed by atoms with Gasteiger partial charge in [-0.15, -0.1) is 22.0 Å². The molecule has 0 saturated carbocycles. The summed E-state index contributed by atoms with van der Waals surface area (Å²) in [5.41, 5.74) is 1.06. The molecule has 1 amide bonds. The van der Waals surface area contributed by atoms with Gasteiger partial charge in [0.1, 0.15) is 5.01 Å². The molecule has 24 heavy (non-hydrogen) atoms. The van der Waals surface area contributed by atoms with E-state index in [1.165, 1.54) is 11.3 Å². The number of benzene rings is 2. The predicted molar refractivity (Wildman–Crippen MR) is 101 cm³/mol. The molecule has 4 nitrogen and oxygen atoms in total. The lowest BCUT2D eigenvalue weighted by Crippen LogP contribution is -2.22. The average Bonchev–Trinajstić information content (AvgIpc) is 3.08. The second kappa shape index (κ2) is 8.41. The maximum absolute atomic E-state index is 12.1. The zero-order valence-electron chi connectivity index (χ0n) is 12.6. The van der Waals surface area contributed by atoms with Crippen molar-refractivity contribution in [2.75, 3.05) is 0 Å². The van der Waals surface area contributed by atoms with E-state index in [4.69, 9.17) is 0 Å². The number of halogens is 1. The van der Waals surface area contributed by atoms with Gasteiger partial charge in [-0.25, -0.2) is 0 Å². The highest BCUT2D eigenvalue weighted by molar-refractivity contribution is 9.10. The number of hydrogen-bond acceptors (Lipinski definition) is 5. The quantitative estimate of drug-likeness (QED) is 0.596. The Labute approximate surface area is 156 Å². The van der Waals surface area contributed by atoms with Crippen LogP contribution in [0.25, 0.3) is 0 Å². The molecule has 7 heteroatoms. The van der Waals surface area contributed by atoms with Crippen molar-refractivity contribution in [3.05, 3.63) is 74.6 Å². The summed E-state index contributed by atoms with van der Waals surface area (Å²) in [5, 5.41) is 12.2. The molecular formula is C17H14BrN3OS2. The van der Waals surface area contributed by atoms with Crippen molar-refractivity contribution in [1.82, 2.24) is 15.5 Å². The molecule has 0 spiro atoms. The van der Waals surface area contributed by atoms with E-state index in [-0.39, 0.29) is 5.91 Å². The lowest BCUT2D eigenvalue weighted by atomic mass is 10.2. The molecule has 0 aliphatic heterocycles. The topological polar surface area (TPSA) is 54.9 Å². The van der Waals surface area contributed by atoms with E-state index in [0.29, 0.717) is 17.3 Å². The van der Waals surface area contributed by atoms with Crippen LogP contribution in [0, 0.1) is 0 Å². The number of carbonyl (C=O) groups excluding carboxylic acids is 1. The Balaban J connectivity index is 1.53. The maximum Gasteiger partial charge on any atom is 0.282 e. The van der Waals surface area contributed by atoms with Crippen molar-refractivity contribution in [2.45, 2.75) is 17.2 Å². The van der Waals surface area contributed by atoms with Crippen LogP contribution in [0.5, 0.6) is 0 Å². The van der Waals surface area contributed by atoms with E-state index in [2.05, 4.69) is 37.5 Å². The van der Waals surface area contributed by atoms with Crippen LogP contribution < -0.4 is 5.32 Å². The first-order valence-corrected chi connectivity index (χ1v) is 9.83. The third kappa shape index (κ3) is 4.90. The molecule has 0 aliphatic rings. The molecule has 0 bridgehead atoms. The first kappa shape index (κ1) is 17.1. The Morgan fingerprint density at radius 3 is 2.75 bits per heavy atom. The van der Waals surface area contributed by atoms with Gasteiger partial charge in [0.25, 0.3) is 5.91 Å². The predicted octanol–water partition coefficient (Wildman–Crippen LogP) is 4.52. The van der Waals surface area contributed by atoms with Gasteiger partial charge >= 0.3 is 0 Å². The van der Waals surface area contributed by atoms with Gasteiger partial charge in [-0.05, 0) is 23.8 Å². The van der Waals surface area contributed by atoms with Gasteiger partial charge in [0.15, 0.2) is 0 Å². The first-order chi connectivity index (χ1) is 11.7. The number of aromatic nitrogens is 2. The van der Waals surface area contributed by atoms with Gasteiger partial charge in [-0.2, -0.15) is 0 Å². The van der Waals surface area contributed by atoms with Gasteiger partial charge in [0.2, 0.25) is 5.01 Å². The number of rotatable bonds is 6. The third-order valence-corrected chi connectivity index (χ3v) is 5.72. The summed E-state index contributed by atoms with van der Waals surface area (Å²) in [7, 11) is 0. The highest BCUT2D eigenvalue weighted by Crippen LogP contribution is 2.26. The van der Waals surface area contributed by atoms with E-state index in [0.717, 1.165) is 19.9 Å². The molecule has 2 aromatic carbocycles. The monoisotopic (exact) mass is 419 g/mol. The van der Waals surface area contributed by atoms with Gasteiger partial charge in [0, 0.05) is 15.9 Å². The fourth-order valence-corrected chi connectivity index (χ4v) is 4.21. The van der Waals surface area contributed by atoms with Crippen molar-refractivity contribution < 1.29 is 4.79 Å². The summed E-state index contributed by atoms with van der Waals surface area (Å²) in [6.07, 6.45) is 0. The number of hydrogen-bond donors (Lipinski definition) is 1. The number of thioether (sulfide) groups is 1. The summed E-state index contributed by atoms with van der Waals surface area (Å²) in [6.45, 7) is 0.487. The maximum atomic E-state index is 12.1. The fraction of sp³-hybridized carbons (Fsp3) is 0.118. The summed E-state index contributed by atoms with van der Waals surface area (Å²) in [6, 6.07) is 17.9. The minimum absolute atomic E-state index is 0.185. The second-order valence-corrected chi connectivity index (χ2v) is 7.94. The van der Waals surface area contributed by atoms with E-state index in [1.54, 1.807) is 11.8 Å². The summed E-state index contributed by atoms with van der Waals surface area (Å²) in [5.74, 6) is 0.509. The van der Waals surface area contributed by atoms with Crippen LogP contribution in [0.3, 0.4) is 0 Å². The molecule has 0 aliphatic carbocycles. The first-order valence-electron chi connectivity index (χ1n) is 7.23. The second-order valence-electron chi connectivity index (χ2n) is 4.92. The number of carbonyl (C=O) groups is 1. The van der Waals surface area contributed by atoms with Gasteiger partial charge < -0.3 is 5.32 Å². The normalized spacial score (nSPS) is 10.5. The van der Waals surface area contributed by atoms with Crippen LogP contribution in [0.2, 0.25) is 0 Å². The van der Waals surface area contributed by atoms with Gasteiger partial charge in [0.05, 0.1) is 5.75 Å². The lowest BCUT2D eigenvalue weighted by molar-refractivity contribution is 0.0950. The highest BCUT2D eigenvalue weighted by atomic mass is 79.9. The Hall–Kier alpha value is -1.70. The molecule has 0 atom stereocenters. The van der Waals surface area contributed by atoms with E-state index >= 15 is 0 Å². The average molecular weight is 420 g/mol. The molecule has 122 valence electrons. The fourth-order valence-electron chi connectivity index (χ4n) is 1.96. The Morgan fingerprint density at radius 2 is 1.96 bits per heavy atom. The van der Waals surface area contributed by atoms with Crippen LogP contribution >= 0.6 is 39.0 Å². The smallest absolute Gasteiger partial charge is 0.282 e. The largest absolute Gasteiger partial charge is 0.346 e. The SMILES string of the molecule is O=C(NCc1ccccc1)c1nnc(CSc2cccc(Br)c2)s1. The van der Waals surface area contributed by atoms with E-state index in [1.807, 2.05) is 48.5 Å². The zero-order chi connectivity index (χ0) is 16.8. The van der Waals surface area contributed by atoms with Crippen molar-refractivity contribution in [3.8, 4) is 0 Å². The molecule has 0 radical (unpaired) electrons. The summed E-state index contributed by atoms with van der Waals surface area (Å²) in [4.78, 5) is 13.3.